The Bertz CT molecular complexity index is 795. The number of methoxy groups -OCH3 is 1. The molecule has 130 valence electrons. The zero-order chi connectivity index (χ0) is 18.0. The molecule has 0 aliphatic carbocycles. The topological polar surface area (TPSA) is 76.1 Å². The van der Waals surface area contributed by atoms with Crippen LogP contribution in [0.4, 0.5) is 10.5 Å². The minimum atomic E-state index is -1.18. The van der Waals surface area contributed by atoms with Gasteiger partial charge in [-0.3, -0.25) is 4.90 Å². The van der Waals surface area contributed by atoms with Crippen LogP contribution >= 0.6 is 15.9 Å². The summed E-state index contributed by atoms with van der Waals surface area (Å²) in [5, 5.41) is 10.5. The Kier molecular flexibility index (Phi) is 5.06. The van der Waals surface area contributed by atoms with Crippen LogP contribution in [0, 0.1) is 0 Å². The first kappa shape index (κ1) is 17.4. The second kappa shape index (κ2) is 7.25. The first-order valence-electron chi connectivity index (χ1n) is 7.58. The highest BCUT2D eigenvalue weighted by Gasteiger charge is 2.47. The number of amides is 1. The van der Waals surface area contributed by atoms with Crippen molar-refractivity contribution in [1.29, 1.82) is 0 Å². The molecule has 0 saturated carbocycles. The highest BCUT2D eigenvalue weighted by atomic mass is 79.9. The molecule has 7 heteroatoms. The number of anilines is 1. The van der Waals surface area contributed by atoms with E-state index in [1.54, 1.807) is 18.2 Å². The third kappa shape index (κ3) is 3.38. The van der Waals surface area contributed by atoms with Crippen molar-refractivity contribution in [1.82, 2.24) is 0 Å². The Morgan fingerprint density at radius 2 is 1.92 bits per heavy atom. The molecule has 1 heterocycles. The maximum Gasteiger partial charge on any atom is 0.415 e. The van der Waals surface area contributed by atoms with Gasteiger partial charge in [0.05, 0.1) is 12.8 Å². The lowest BCUT2D eigenvalue weighted by Crippen LogP contribution is -2.45. The molecule has 0 radical (unpaired) electrons. The van der Waals surface area contributed by atoms with Gasteiger partial charge in [0.25, 0.3) is 0 Å². The summed E-state index contributed by atoms with van der Waals surface area (Å²) >= 11 is 3.33. The number of esters is 1. The van der Waals surface area contributed by atoms with Crippen LogP contribution in [-0.4, -0.2) is 30.3 Å². The summed E-state index contributed by atoms with van der Waals surface area (Å²) in [7, 11) is 1.21. The van der Waals surface area contributed by atoms with Crippen molar-refractivity contribution in [3.63, 3.8) is 0 Å². The van der Waals surface area contributed by atoms with Gasteiger partial charge in [-0.15, -0.1) is 0 Å². The monoisotopic (exact) mass is 405 g/mol. The molecule has 0 fully saturated rings. The van der Waals surface area contributed by atoms with Gasteiger partial charge >= 0.3 is 12.1 Å². The maximum absolute atomic E-state index is 12.6. The summed E-state index contributed by atoms with van der Waals surface area (Å²) < 4.78 is 10.8. The minimum absolute atomic E-state index is 0.0590. The zero-order valence-corrected chi connectivity index (χ0v) is 15.0. The lowest BCUT2D eigenvalue weighted by Gasteiger charge is -2.24. The lowest BCUT2D eigenvalue weighted by atomic mass is 10.1. The third-order valence-electron chi connectivity index (χ3n) is 3.99. The number of halogens is 1. The fourth-order valence-electron chi connectivity index (χ4n) is 2.79. The average molecular weight is 406 g/mol. The number of aliphatic hydroxyl groups is 1. The molecule has 2 atom stereocenters. The number of fused-ring (bicyclic) bond motifs is 1. The summed E-state index contributed by atoms with van der Waals surface area (Å²) in [6.07, 6.45) is -1.91. The fourth-order valence-corrected chi connectivity index (χ4v) is 3.14. The van der Waals surface area contributed by atoms with Crippen LogP contribution in [0.1, 0.15) is 17.2 Å². The van der Waals surface area contributed by atoms with Crippen LogP contribution in [0.5, 0.6) is 0 Å². The van der Waals surface area contributed by atoms with Crippen LogP contribution in [0.15, 0.2) is 53.0 Å². The van der Waals surface area contributed by atoms with E-state index in [9.17, 15) is 14.7 Å². The van der Waals surface area contributed by atoms with E-state index in [1.165, 1.54) is 7.11 Å². The predicted octanol–water partition coefficient (Wildman–Crippen LogP) is 3.18. The Morgan fingerprint density at radius 3 is 2.60 bits per heavy atom. The van der Waals surface area contributed by atoms with Crippen LogP contribution in [0.25, 0.3) is 0 Å². The number of carbonyl (C=O) groups is 2. The number of rotatable bonds is 3. The standard InChI is InChI=1S/C18H16BrNO5/c1-24-17(22)15-16(21)13-8-7-12(19)9-14(13)20(15)18(23)25-10-11-5-3-2-4-6-11/h2-9,15-16,21H,10H2,1H3/t15-,16+/m0/s1. The average Bonchev–Trinajstić information content (AvgIpc) is 2.92. The molecule has 0 aromatic heterocycles. The number of ether oxygens (including phenoxy) is 2. The molecule has 3 rings (SSSR count). The molecule has 1 N–H and O–H groups in total. The summed E-state index contributed by atoms with van der Waals surface area (Å²) in [5.41, 5.74) is 1.70. The van der Waals surface area contributed by atoms with Crippen LogP contribution in [-0.2, 0) is 20.9 Å². The SMILES string of the molecule is COC(=O)[C@@H]1[C@H](O)c2ccc(Br)cc2N1C(=O)OCc1ccccc1. The number of nitrogens with zero attached hydrogens (tertiary/aromatic N) is 1. The van der Waals surface area contributed by atoms with Crippen molar-refractivity contribution in [2.45, 2.75) is 18.8 Å². The van der Waals surface area contributed by atoms with Crippen molar-refractivity contribution in [2.75, 3.05) is 12.0 Å². The van der Waals surface area contributed by atoms with Crippen LogP contribution < -0.4 is 4.90 Å². The van der Waals surface area contributed by atoms with Gasteiger partial charge in [0.1, 0.15) is 12.7 Å². The van der Waals surface area contributed by atoms with E-state index in [-0.39, 0.29) is 6.61 Å². The smallest absolute Gasteiger partial charge is 0.415 e. The van der Waals surface area contributed by atoms with Gasteiger partial charge in [-0.25, -0.2) is 9.59 Å². The molecule has 1 aliphatic rings. The molecule has 0 spiro atoms. The van der Waals surface area contributed by atoms with Gasteiger partial charge in [-0.05, 0) is 17.7 Å². The second-order valence-electron chi connectivity index (χ2n) is 5.53. The number of hydrogen-bond acceptors (Lipinski definition) is 5. The van der Waals surface area contributed by atoms with Crippen LogP contribution in [0.2, 0.25) is 0 Å². The summed E-state index contributed by atoms with van der Waals surface area (Å²) in [6.45, 7) is 0.0590. The Labute approximate surface area is 153 Å². The van der Waals surface area contributed by atoms with Crippen LogP contribution in [0.3, 0.4) is 0 Å². The van der Waals surface area contributed by atoms with Gasteiger partial charge in [0.15, 0.2) is 6.04 Å². The van der Waals surface area contributed by atoms with E-state index in [1.807, 2.05) is 30.3 Å². The molecule has 6 nitrogen and oxygen atoms in total. The predicted molar refractivity (Wildman–Crippen MR) is 94.0 cm³/mol. The minimum Gasteiger partial charge on any atom is -0.467 e. The van der Waals surface area contributed by atoms with Gasteiger partial charge < -0.3 is 14.6 Å². The van der Waals surface area contributed by atoms with Crippen molar-refractivity contribution in [3.05, 3.63) is 64.1 Å². The van der Waals surface area contributed by atoms with E-state index in [4.69, 9.17) is 9.47 Å². The highest BCUT2D eigenvalue weighted by Crippen LogP contribution is 2.41. The zero-order valence-electron chi connectivity index (χ0n) is 13.4. The fraction of sp³-hybridized carbons (Fsp3) is 0.222. The summed E-state index contributed by atoms with van der Waals surface area (Å²) in [4.78, 5) is 25.9. The second-order valence-corrected chi connectivity index (χ2v) is 6.44. The highest BCUT2D eigenvalue weighted by molar-refractivity contribution is 9.10. The van der Waals surface area contributed by atoms with E-state index in [2.05, 4.69) is 15.9 Å². The Morgan fingerprint density at radius 1 is 1.20 bits per heavy atom. The maximum atomic E-state index is 12.6. The van der Waals surface area contributed by atoms with Gasteiger partial charge in [0, 0.05) is 10.0 Å². The molecular formula is C18H16BrNO5. The first-order valence-corrected chi connectivity index (χ1v) is 8.37. The largest absolute Gasteiger partial charge is 0.467 e. The van der Waals surface area contributed by atoms with E-state index >= 15 is 0 Å². The molecule has 1 aliphatic heterocycles. The molecule has 25 heavy (non-hydrogen) atoms. The van der Waals surface area contributed by atoms with Gasteiger partial charge in [0.2, 0.25) is 0 Å². The van der Waals surface area contributed by atoms with Gasteiger partial charge in [-0.1, -0.05) is 52.3 Å². The van der Waals surface area contributed by atoms with E-state index in [0.717, 1.165) is 10.5 Å². The first-order chi connectivity index (χ1) is 12.0. The summed E-state index contributed by atoms with van der Waals surface area (Å²) in [5.74, 6) is -0.712. The number of carbonyl (C=O) groups excluding carboxylic acids is 2. The number of aliphatic hydroxyl groups excluding tert-OH is 1. The molecular weight excluding hydrogens is 390 g/mol. The molecule has 1 amide bonds. The van der Waals surface area contributed by atoms with Crippen molar-refractivity contribution in [2.24, 2.45) is 0 Å². The Hall–Kier alpha value is -2.38. The van der Waals surface area contributed by atoms with E-state index in [0.29, 0.717) is 15.7 Å². The molecule has 2 aromatic carbocycles. The Balaban J connectivity index is 1.89. The quantitative estimate of drug-likeness (QED) is 0.793. The summed E-state index contributed by atoms with van der Waals surface area (Å²) in [6, 6.07) is 13.1. The van der Waals surface area contributed by atoms with Crippen molar-refractivity contribution < 1.29 is 24.2 Å². The molecule has 2 aromatic rings. The normalized spacial score (nSPS) is 18.6. The van der Waals surface area contributed by atoms with Gasteiger partial charge in [-0.2, -0.15) is 0 Å². The van der Waals surface area contributed by atoms with E-state index < -0.39 is 24.2 Å². The lowest BCUT2D eigenvalue weighted by molar-refractivity contribution is -0.144. The van der Waals surface area contributed by atoms with Crippen molar-refractivity contribution in [3.8, 4) is 0 Å². The molecule has 0 unspecified atom stereocenters. The number of benzene rings is 2. The number of hydrogen-bond donors (Lipinski definition) is 1. The van der Waals surface area contributed by atoms with Crippen molar-refractivity contribution >= 4 is 33.7 Å². The third-order valence-corrected chi connectivity index (χ3v) is 4.49. The molecule has 0 bridgehead atoms. The molecule has 0 saturated heterocycles.